The lowest BCUT2D eigenvalue weighted by atomic mass is 10.1. The molecule has 3 aromatic rings. The third-order valence-corrected chi connectivity index (χ3v) is 10.9. The van der Waals surface area contributed by atoms with E-state index in [0.29, 0.717) is 23.5 Å². The van der Waals surface area contributed by atoms with Crippen LogP contribution >= 0.6 is 15.9 Å². The number of benzene rings is 2. The lowest BCUT2D eigenvalue weighted by molar-refractivity contribution is 0.239. The lowest BCUT2D eigenvalue weighted by Gasteiger charge is -2.36. The van der Waals surface area contributed by atoms with Crippen molar-refractivity contribution in [2.45, 2.75) is 52.1 Å². The minimum atomic E-state index is -1.95. The highest BCUT2D eigenvalue weighted by atomic mass is 79.9. The molecule has 0 saturated heterocycles. The summed E-state index contributed by atoms with van der Waals surface area (Å²) in [6.07, 6.45) is 0. The molecule has 3 rings (SSSR count). The van der Waals surface area contributed by atoms with E-state index < -0.39 is 8.32 Å². The van der Waals surface area contributed by atoms with E-state index in [1.165, 1.54) is 0 Å². The van der Waals surface area contributed by atoms with E-state index in [1.54, 1.807) is 6.07 Å². The minimum absolute atomic E-state index is 0.0849. The van der Waals surface area contributed by atoms with Crippen molar-refractivity contribution >= 4 is 35.0 Å². The quantitative estimate of drug-likeness (QED) is 0.374. The second-order valence-corrected chi connectivity index (χ2v) is 14.3. The van der Waals surface area contributed by atoms with E-state index in [0.717, 1.165) is 15.4 Å². The Morgan fingerprint density at radius 3 is 2.34 bits per heavy atom. The Kier molecular flexibility index (Phi) is 6.36. The first-order valence-electron chi connectivity index (χ1n) is 9.64. The van der Waals surface area contributed by atoms with E-state index >= 15 is 0 Å². The van der Waals surface area contributed by atoms with Crippen molar-refractivity contribution in [2.24, 2.45) is 0 Å². The third kappa shape index (κ3) is 5.00. The van der Waals surface area contributed by atoms with Crippen LogP contribution in [0.2, 0.25) is 18.1 Å². The van der Waals surface area contributed by atoms with Gasteiger partial charge >= 0.3 is 5.63 Å². The zero-order valence-electron chi connectivity index (χ0n) is 17.5. The van der Waals surface area contributed by atoms with Gasteiger partial charge in [-0.15, -0.1) is 0 Å². The van der Waals surface area contributed by atoms with Gasteiger partial charge in [0.25, 0.3) is 0 Å². The fourth-order valence-corrected chi connectivity index (χ4v) is 4.10. The maximum Gasteiger partial charge on any atom is 0.344 e. The van der Waals surface area contributed by atoms with Crippen LogP contribution in [0.25, 0.3) is 10.8 Å². The SMILES string of the molecule is CC(C)(C)[Si](C)(C)OCc1oc(=O)c2cc(OCc3ccccc3)ccc2c1Br. The summed E-state index contributed by atoms with van der Waals surface area (Å²) in [5, 5.41) is 1.36. The highest BCUT2D eigenvalue weighted by Gasteiger charge is 2.37. The van der Waals surface area contributed by atoms with Gasteiger partial charge in [0, 0.05) is 5.39 Å². The average Bonchev–Trinajstić information content (AvgIpc) is 2.68. The normalized spacial score (nSPS) is 12.3. The van der Waals surface area contributed by atoms with E-state index in [-0.39, 0.29) is 17.3 Å². The fraction of sp³-hybridized carbons (Fsp3) is 0.348. The zero-order valence-corrected chi connectivity index (χ0v) is 20.1. The van der Waals surface area contributed by atoms with Gasteiger partial charge in [0.2, 0.25) is 0 Å². The Balaban J connectivity index is 1.83. The first-order valence-corrected chi connectivity index (χ1v) is 13.3. The van der Waals surface area contributed by atoms with Crippen molar-refractivity contribution < 1.29 is 13.6 Å². The molecule has 0 N–H and O–H groups in total. The topological polar surface area (TPSA) is 48.7 Å². The van der Waals surface area contributed by atoms with Crippen molar-refractivity contribution in [2.75, 3.05) is 0 Å². The third-order valence-electron chi connectivity index (χ3n) is 5.53. The Bertz CT molecular complexity index is 1050. The van der Waals surface area contributed by atoms with E-state index in [9.17, 15) is 4.79 Å². The molecule has 0 aliphatic rings. The highest BCUT2D eigenvalue weighted by molar-refractivity contribution is 9.10. The Morgan fingerprint density at radius 2 is 1.69 bits per heavy atom. The summed E-state index contributed by atoms with van der Waals surface area (Å²) in [5.41, 5.74) is 0.682. The van der Waals surface area contributed by atoms with E-state index in [2.05, 4.69) is 49.8 Å². The number of halogens is 1. The summed E-state index contributed by atoms with van der Waals surface area (Å²) in [7, 11) is -1.95. The van der Waals surface area contributed by atoms with Crippen molar-refractivity contribution in [1.82, 2.24) is 0 Å². The molecule has 0 radical (unpaired) electrons. The van der Waals surface area contributed by atoms with Crippen molar-refractivity contribution in [3.63, 3.8) is 0 Å². The van der Waals surface area contributed by atoms with Gasteiger partial charge in [-0.3, -0.25) is 0 Å². The largest absolute Gasteiger partial charge is 0.489 e. The van der Waals surface area contributed by atoms with Crippen molar-refractivity contribution in [3.05, 3.63) is 74.7 Å². The maximum atomic E-state index is 12.6. The standard InChI is InChI=1S/C23H27BrO4Si/c1-23(2,3)29(4,5)27-15-20-21(24)18-12-11-17(13-19(18)22(25)28-20)26-14-16-9-7-6-8-10-16/h6-13H,14-15H2,1-5H3. The number of hydrogen-bond acceptors (Lipinski definition) is 4. The van der Waals surface area contributed by atoms with Crippen molar-refractivity contribution in [1.29, 1.82) is 0 Å². The second kappa shape index (κ2) is 8.46. The van der Waals surface area contributed by atoms with Crippen LogP contribution in [-0.4, -0.2) is 8.32 Å². The molecule has 154 valence electrons. The van der Waals surface area contributed by atoms with Crippen LogP contribution in [0.15, 0.2) is 62.2 Å². The van der Waals surface area contributed by atoms with Gasteiger partial charge in [-0.05, 0) is 57.8 Å². The monoisotopic (exact) mass is 474 g/mol. The first kappa shape index (κ1) is 21.8. The summed E-state index contributed by atoms with van der Waals surface area (Å²) in [4.78, 5) is 12.6. The predicted octanol–water partition coefficient (Wildman–Crippen LogP) is 6.66. The van der Waals surface area contributed by atoms with Gasteiger partial charge in [-0.25, -0.2) is 4.79 Å². The molecule has 0 unspecified atom stereocenters. The number of rotatable bonds is 6. The van der Waals surface area contributed by atoms with Crippen molar-refractivity contribution in [3.8, 4) is 5.75 Å². The molecule has 0 spiro atoms. The molecule has 0 atom stereocenters. The van der Waals surface area contributed by atoms with Crippen LogP contribution in [0.4, 0.5) is 0 Å². The van der Waals surface area contributed by atoms with Gasteiger partial charge in [-0.2, -0.15) is 0 Å². The smallest absolute Gasteiger partial charge is 0.344 e. The predicted molar refractivity (Wildman–Crippen MR) is 123 cm³/mol. The summed E-state index contributed by atoms with van der Waals surface area (Å²) < 4.78 is 18.4. The van der Waals surface area contributed by atoms with Crippen LogP contribution in [0.5, 0.6) is 5.75 Å². The molecule has 4 nitrogen and oxygen atoms in total. The van der Waals surface area contributed by atoms with Crippen LogP contribution < -0.4 is 10.4 Å². The Morgan fingerprint density at radius 1 is 1.00 bits per heavy atom. The summed E-state index contributed by atoms with van der Waals surface area (Å²) in [6.45, 7) is 11.6. The number of hydrogen-bond donors (Lipinski definition) is 0. The van der Waals surface area contributed by atoms with Crippen LogP contribution in [0, 0.1) is 0 Å². The molecule has 0 bridgehead atoms. The molecule has 2 aromatic carbocycles. The molecule has 0 saturated carbocycles. The molecule has 29 heavy (non-hydrogen) atoms. The molecule has 1 aromatic heterocycles. The maximum absolute atomic E-state index is 12.6. The summed E-state index contributed by atoms with van der Waals surface area (Å²) >= 11 is 3.60. The number of ether oxygens (including phenoxy) is 1. The fourth-order valence-electron chi connectivity index (χ4n) is 2.63. The summed E-state index contributed by atoms with van der Waals surface area (Å²) in [6, 6.07) is 15.4. The molecule has 0 fully saturated rings. The van der Waals surface area contributed by atoms with E-state index in [1.807, 2.05) is 42.5 Å². The first-order chi connectivity index (χ1) is 13.6. The second-order valence-electron chi connectivity index (χ2n) is 8.66. The van der Waals surface area contributed by atoms with Crippen LogP contribution in [0.1, 0.15) is 32.1 Å². The van der Waals surface area contributed by atoms with Crippen LogP contribution in [0.3, 0.4) is 0 Å². The molecular formula is C23H27BrO4Si. The van der Waals surface area contributed by atoms with Gasteiger partial charge in [0.1, 0.15) is 18.1 Å². The average molecular weight is 475 g/mol. The molecule has 0 aliphatic heterocycles. The van der Waals surface area contributed by atoms with Gasteiger partial charge in [-0.1, -0.05) is 51.1 Å². The Labute approximate surface area is 181 Å². The van der Waals surface area contributed by atoms with Gasteiger partial charge in [0.05, 0.1) is 16.5 Å². The van der Waals surface area contributed by atoms with E-state index in [4.69, 9.17) is 13.6 Å². The minimum Gasteiger partial charge on any atom is -0.489 e. The van der Waals surface area contributed by atoms with Crippen LogP contribution in [-0.2, 0) is 17.6 Å². The lowest BCUT2D eigenvalue weighted by Crippen LogP contribution is -2.40. The van der Waals surface area contributed by atoms with Gasteiger partial charge in [0.15, 0.2) is 8.32 Å². The highest BCUT2D eigenvalue weighted by Crippen LogP contribution is 2.38. The van der Waals surface area contributed by atoms with Gasteiger partial charge < -0.3 is 13.6 Å². The molecule has 6 heteroatoms. The molecule has 1 heterocycles. The number of fused-ring (bicyclic) bond motifs is 1. The summed E-state index contributed by atoms with van der Waals surface area (Å²) in [5.74, 6) is 1.15. The zero-order chi connectivity index (χ0) is 21.2. The Hall–Kier alpha value is -1.89. The molecule has 0 amide bonds. The molecular weight excluding hydrogens is 448 g/mol. The molecule has 0 aliphatic carbocycles.